The Hall–Kier alpha value is -3.31. The number of carbonyl (C=O) groups is 2. The minimum Gasteiger partial charge on any atom is -0.480 e. The summed E-state index contributed by atoms with van der Waals surface area (Å²) in [5.74, 6) is -1.26. The molecule has 1 aliphatic carbocycles. The van der Waals surface area contributed by atoms with Crippen molar-refractivity contribution < 1.29 is 28.0 Å². The standard InChI is InChI=1S/C23H25N3O7S/c1-15-22(27)24(20(23(28)29)14-16-6-8-17(9-7-16)18-10-11-18)12-13-25(15)34(32,33)21-5-3-2-4-19(21)26(30)31/h2-9,15,18,20H,10-14H2,1H3,(H,28,29)/t15-,20-/m0/s1. The number of rotatable bonds is 8. The number of nitrogens with zero attached hydrogens (tertiary/aromatic N) is 3. The molecule has 2 aromatic rings. The van der Waals surface area contributed by atoms with Crippen LogP contribution in [0.5, 0.6) is 0 Å². The van der Waals surface area contributed by atoms with Gasteiger partial charge in [-0.15, -0.1) is 0 Å². The van der Waals surface area contributed by atoms with Gasteiger partial charge in [-0.2, -0.15) is 4.31 Å². The van der Waals surface area contributed by atoms with Crippen LogP contribution in [0.2, 0.25) is 0 Å². The van der Waals surface area contributed by atoms with Crippen LogP contribution >= 0.6 is 0 Å². The lowest BCUT2D eigenvalue weighted by molar-refractivity contribution is -0.387. The molecule has 1 amide bonds. The number of nitro benzene ring substituents is 1. The third-order valence-electron chi connectivity index (χ3n) is 6.40. The zero-order chi connectivity index (χ0) is 24.6. The maximum Gasteiger partial charge on any atom is 0.326 e. The molecule has 1 saturated carbocycles. The Morgan fingerprint density at radius 1 is 1.15 bits per heavy atom. The van der Waals surface area contributed by atoms with Gasteiger partial charge in [0.25, 0.3) is 15.7 Å². The molecule has 1 heterocycles. The van der Waals surface area contributed by atoms with Crippen molar-refractivity contribution >= 4 is 27.6 Å². The van der Waals surface area contributed by atoms with E-state index >= 15 is 0 Å². The van der Waals surface area contributed by atoms with E-state index in [2.05, 4.69) is 0 Å². The van der Waals surface area contributed by atoms with Crippen molar-refractivity contribution in [2.24, 2.45) is 0 Å². The number of hydrogen-bond acceptors (Lipinski definition) is 6. The van der Waals surface area contributed by atoms with E-state index < -0.39 is 49.5 Å². The molecule has 10 nitrogen and oxygen atoms in total. The molecule has 2 atom stereocenters. The Kier molecular flexibility index (Phi) is 6.41. The molecule has 1 saturated heterocycles. The van der Waals surface area contributed by atoms with Gasteiger partial charge in [0.1, 0.15) is 12.1 Å². The number of amides is 1. The first-order valence-corrected chi connectivity index (χ1v) is 12.4. The van der Waals surface area contributed by atoms with Gasteiger partial charge in [0.2, 0.25) is 5.91 Å². The highest BCUT2D eigenvalue weighted by Gasteiger charge is 2.44. The summed E-state index contributed by atoms with van der Waals surface area (Å²) in [5, 5.41) is 21.2. The molecule has 0 bridgehead atoms. The van der Waals surface area contributed by atoms with E-state index in [9.17, 15) is 33.2 Å². The predicted molar refractivity (Wildman–Crippen MR) is 122 cm³/mol. The average molecular weight is 488 g/mol. The molecule has 2 fully saturated rings. The Balaban J connectivity index is 1.54. The molecule has 2 aliphatic rings. The second-order valence-corrected chi connectivity index (χ2v) is 10.5. The number of hydrogen-bond donors (Lipinski definition) is 1. The fourth-order valence-corrected chi connectivity index (χ4v) is 6.10. The number of piperazine rings is 1. The van der Waals surface area contributed by atoms with Crippen molar-refractivity contribution in [1.29, 1.82) is 0 Å². The fourth-order valence-electron chi connectivity index (χ4n) is 4.36. The van der Waals surface area contributed by atoms with Crippen molar-refractivity contribution in [3.8, 4) is 0 Å². The van der Waals surface area contributed by atoms with Gasteiger partial charge < -0.3 is 10.0 Å². The summed E-state index contributed by atoms with van der Waals surface area (Å²) in [6, 6.07) is 10.3. The number of para-hydroxylation sites is 1. The van der Waals surface area contributed by atoms with Crippen LogP contribution in [-0.2, 0) is 26.0 Å². The van der Waals surface area contributed by atoms with Crippen molar-refractivity contribution in [3.63, 3.8) is 0 Å². The van der Waals surface area contributed by atoms with Gasteiger partial charge >= 0.3 is 5.97 Å². The van der Waals surface area contributed by atoms with Gasteiger partial charge in [-0.05, 0) is 42.9 Å². The normalized spacial score (nSPS) is 20.2. The minimum absolute atomic E-state index is 0.0929. The zero-order valence-corrected chi connectivity index (χ0v) is 19.3. The lowest BCUT2D eigenvalue weighted by Gasteiger charge is -2.40. The van der Waals surface area contributed by atoms with Crippen LogP contribution in [0.3, 0.4) is 0 Å². The number of nitro groups is 1. The molecular weight excluding hydrogens is 462 g/mol. The SMILES string of the molecule is C[C@H]1C(=O)N([C@@H](Cc2ccc(C3CC3)cc2)C(=O)O)CCN1S(=O)(=O)c1ccccc1[N+](=O)[O-]. The van der Waals surface area contributed by atoms with Gasteiger partial charge in [0.15, 0.2) is 4.90 Å². The second-order valence-electron chi connectivity index (χ2n) is 8.62. The van der Waals surface area contributed by atoms with Crippen molar-refractivity contribution in [2.75, 3.05) is 13.1 Å². The van der Waals surface area contributed by atoms with Gasteiger partial charge in [0.05, 0.1) is 4.92 Å². The number of aliphatic carboxylic acids is 1. The first-order valence-electron chi connectivity index (χ1n) is 11.0. The monoisotopic (exact) mass is 487 g/mol. The summed E-state index contributed by atoms with van der Waals surface area (Å²) in [5.41, 5.74) is 1.41. The quantitative estimate of drug-likeness (QED) is 0.446. The van der Waals surface area contributed by atoms with Crippen LogP contribution in [-0.4, -0.2) is 64.7 Å². The van der Waals surface area contributed by atoms with Gasteiger partial charge in [0, 0.05) is 25.6 Å². The Bertz CT molecular complexity index is 1230. The molecule has 1 N–H and O–H groups in total. The largest absolute Gasteiger partial charge is 0.480 e. The van der Waals surface area contributed by atoms with E-state index in [-0.39, 0.29) is 19.5 Å². The van der Waals surface area contributed by atoms with Crippen LogP contribution in [0.25, 0.3) is 0 Å². The van der Waals surface area contributed by atoms with E-state index in [4.69, 9.17) is 0 Å². The topological polar surface area (TPSA) is 138 Å². The molecule has 4 rings (SSSR count). The van der Waals surface area contributed by atoms with Crippen LogP contribution in [0.4, 0.5) is 5.69 Å². The number of carboxylic acid groups (broad SMARTS) is 1. The molecule has 11 heteroatoms. The van der Waals surface area contributed by atoms with E-state index in [1.807, 2.05) is 24.3 Å². The van der Waals surface area contributed by atoms with E-state index in [0.717, 1.165) is 34.8 Å². The van der Waals surface area contributed by atoms with Crippen molar-refractivity contribution in [3.05, 3.63) is 69.8 Å². The molecule has 34 heavy (non-hydrogen) atoms. The van der Waals surface area contributed by atoms with Gasteiger partial charge in [-0.1, -0.05) is 36.4 Å². The molecule has 0 spiro atoms. The van der Waals surface area contributed by atoms with Crippen LogP contribution < -0.4 is 0 Å². The molecule has 2 aromatic carbocycles. The lowest BCUT2D eigenvalue weighted by atomic mass is 10.0. The Morgan fingerprint density at radius 2 is 1.79 bits per heavy atom. The molecule has 180 valence electrons. The highest BCUT2D eigenvalue weighted by atomic mass is 32.2. The lowest BCUT2D eigenvalue weighted by Crippen LogP contribution is -2.61. The smallest absolute Gasteiger partial charge is 0.326 e. The fraction of sp³-hybridized carbons (Fsp3) is 0.391. The van der Waals surface area contributed by atoms with E-state index in [0.29, 0.717) is 5.92 Å². The summed E-state index contributed by atoms with van der Waals surface area (Å²) in [4.78, 5) is 36.4. The zero-order valence-electron chi connectivity index (χ0n) is 18.5. The molecular formula is C23H25N3O7S. The first-order chi connectivity index (χ1) is 16.1. The molecule has 1 aliphatic heterocycles. The first kappa shape index (κ1) is 23.8. The maximum absolute atomic E-state index is 13.2. The summed E-state index contributed by atoms with van der Waals surface area (Å²) >= 11 is 0. The van der Waals surface area contributed by atoms with Crippen LogP contribution in [0.15, 0.2) is 53.4 Å². The van der Waals surface area contributed by atoms with Gasteiger partial charge in [-0.3, -0.25) is 14.9 Å². The molecule has 0 aromatic heterocycles. The van der Waals surface area contributed by atoms with Crippen molar-refractivity contribution in [1.82, 2.24) is 9.21 Å². The maximum atomic E-state index is 13.2. The third-order valence-corrected chi connectivity index (χ3v) is 8.42. The number of benzene rings is 2. The van der Waals surface area contributed by atoms with E-state index in [1.54, 1.807) is 0 Å². The summed E-state index contributed by atoms with van der Waals surface area (Å²) < 4.78 is 27.3. The molecule has 0 unspecified atom stereocenters. The average Bonchev–Trinajstić information content (AvgIpc) is 3.65. The van der Waals surface area contributed by atoms with Crippen molar-refractivity contribution in [2.45, 2.75) is 49.1 Å². The van der Waals surface area contributed by atoms with E-state index in [1.165, 1.54) is 29.5 Å². The van der Waals surface area contributed by atoms with Crippen LogP contribution in [0.1, 0.15) is 36.8 Å². The van der Waals surface area contributed by atoms with Crippen LogP contribution in [0, 0.1) is 10.1 Å². The highest BCUT2D eigenvalue weighted by Crippen LogP contribution is 2.40. The summed E-state index contributed by atoms with van der Waals surface area (Å²) in [6.45, 7) is 1.05. The summed E-state index contributed by atoms with van der Waals surface area (Å²) in [7, 11) is -4.36. The van der Waals surface area contributed by atoms with Gasteiger partial charge in [-0.25, -0.2) is 13.2 Å². The predicted octanol–water partition coefficient (Wildman–Crippen LogP) is 2.39. The molecule has 0 radical (unpaired) electrons. The Labute approximate surface area is 197 Å². The number of sulfonamides is 1. The minimum atomic E-state index is -4.36. The second kappa shape index (κ2) is 9.15. The number of carbonyl (C=O) groups excluding carboxylic acids is 1. The summed E-state index contributed by atoms with van der Waals surface area (Å²) in [6.07, 6.45) is 2.40. The number of carboxylic acids is 1. The highest BCUT2D eigenvalue weighted by molar-refractivity contribution is 7.89. The third kappa shape index (κ3) is 4.53. The Morgan fingerprint density at radius 3 is 2.38 bits per heavy atom.